The Labute approximate surface area is 88.5 Å². The summed E-state index contributed by atoms with van der Waals surface area (Å²) in [4.78, 5) is 0. The largest absolute Gasteiger partial charge is 0.382 e. The van der Waals surface area contributed by atoms with Gasteiger partial charge in [-0.05, 0) is 25.2 Å². The van der Waals surface area contributed by atoms with Gasteiger partial charge in [-0.15, -0.1) is 0 Å². The first-order valence-electron chi connectivity index (χ1n) is 5.04. The molecule has 1 aromatic heterocycles. The van der Waals surface area contributed by atoms with Crippen molar-refractivity contribution in [3.63, 3.8) is 0 Å². The quantitative estimate of drug-likeness (QED) is 0.809. The Hall–Kier alpha value is -0.480. The summed E-state index contributed by atoms with van der Waals surface area (Å²) in [6.45, 7) is 4.96. The van der Waals surface area contributed by atoms with Crippen molar-refractivity contribution in [2.75, 3.05) is 5.75 Å². The van der Waals surface area contributed by atoms with Gasteiger partial charge in [-0.2, -0.15) is 16.9 Å². The molecule has 1 aromatic rings. The highest BCUT2D eigenvalue weighted by atomic mass is 32.2. The molecule has 1 aliphatic rings. The van der Waals surface area contributed by atoms with E-state index in [0.29, 0.717) is 0 Å². The number of rotatable bonds is 2. The van der Waals surface area contributed by atoms with Gasteiger partial charge in [0.1, 0.15) is 5.60 Å². The fraction of sp³-hybridized carbons (Fsp3) is 0.700. The highest BCUT2D eigenvalue weighted by molar-refractivity contribution is 8.00. The molecule has 78 valence electrons. The third kappa shape index (κ3) is 1.37. The number of hydrogen-bond acceptors (Lipinski definition) is 3. The van der Waals surface area contributed by atoms with Crippen LogP contribution in [-0.4, -0.2) is 25.9 Å². The van der Waals surface area contributed by atoms with E-state index in [0.717, 1.165) is 24.4 Å². The summed E-state index contributed by atoms with van der Waals surface area (Å²) in [5.41, 5.74) is 0.300. The molecule has 0 aromatic carbocycles. The van der Waals surface area contributed by atoms with Crippen LogP contribution in [0.4, 0.5) is 0 Å². The van der Waals surface area contributed by atoms with Crippen molar-refractivity contribution in [3.8, 4) is 0 Å². The van der Waals surface area contributed by atoms with E-state index in [2.05, 4.69) is 12.0 Å². The maximum Gasteiger partial charge on any atom is 0.118 e. The molecular weight excluding hydrogens is 196 g/mol. The van der Waals surface area contributed by atoms with Gasteiger partial charge in [0.25, 0.3) is 0 Å². The third-order valence-electron chi connectivity index (χ3n) is 2.98. The van der Waals surface area contributed by atoms with Gasteiger partial charge >= 0.3 is 0 Å². The van der Waals surface area contributed by atoms with Crippen LogP contribution in [0.1, 0.15) is 26.0 Å². The summed E-state index contributed by atoms with van der Waals surface area (Å²) in [6, 6.07) is 1.94. The van der Waals surface area contributed by atoms with Gasteiger partial charge < -0.3 is 5.11 Å². The number of aliphatic hydroxyl groups is 1. The molecule has 0 radical (unpaired) electrons. The first kappa shape index (κ1) is 10.1. The molecular formula is C10H16N2OS. The second kappa shape index (κ2) is 3.59. The van der Waals surface area contributed by atoms with Crippen molar-refractivity contribution in [2.45, 2.75) is 37.7 Å². The molecule has 2 rings (SSSR count). The zero-order chi connectivity index (χ0) is 10.2. The first-order chi connectivity index (χ1) is 6.68. The lowest BCUT2D eigenvalue weighted by Crippen LogP contribution is -2.34. The molecule has 2 unspecified atom stereocenters. The minimum atomic E-state index is -0.669. The van der Waals surface area contributed by atoms with E-state index in [1.165, 1.54) is 0 Å². The van der Waals surface area contributed by atoms with E-state index in [1.807, 2.05) is 29.4 Å². The molecule has 1 aliphatic heterocycles. The summed E-state index contributed by atoms with van der Waals surface area (Å²) >= 11 is 1.83. The fourth-order valence-corrected chi connectivity index (χ4v) is 3.32. The molecule has 2 heterocycles. The lowest BCUT2D eigenvalue weighted by Gasteiger charge is -2.27. The van der Waals surface area contributed by atoms with Gasteiger partial charge in [-0.25, -0.2) is 0 Å². The Balaban J connectivity index is 2.37. The van der Waals surface area contributed by atoms with E-state index in [4.69, 9.17) is 0 Å². The molecule has 2 atom stereocenters. The number of nitrogens with zero attached hydrogens (tertiary/aromatic N) is 2. The van der Waals surface area contributed by atoms with Crippen LogP contribution in [0.5, 0.6) is 0 Å². The Morgan fingerprint density at radius 2 is 2.57 bits per heavy atom. The minimum absolute atomic E-state index is 0.268. The molecule has 0 saturated carbocycles. The third-order valence-corrected chi connectivity index (χ3v) is 4.31. The van der Waals surface area contributed by atoms with E-state index >= 15 is 0 Å². The lowest BCUT2D eigenvalue weighted by atomic mass is 9.93. The van der Waals surface area contributed by atoms with Crippen molar-refractivity contribution < 1.29 is 5.11 Å². The van der Waals surface area contributed by atoms with E-state index in [1.54, 1.807) is 6.20 Å². The minimum Gasteiger partial charge on any atom is -0.382 e. The Kier molecular flexibility index (Phi) is 2.58. The molecule has 0 bridgehead atoms. The Bertz CT molecular complexity index is 326. The average molecular weight is 212 g/mol. The average Bonchev–Trinajstić information content (AvgIpc) is 2.75. The van der Waals surface area contributed by atoms with Crippen LogP contribution < -0.4 is 0 Å². The maximum absolute atomic E-state index is 10.6. The predicted molar refractivity (Wildman–Crippen MR) is 58.3 cm³/mol. The van der Waals surface area contributed by atoms with Crippen LogP contribution >= 0.6 is 11.8 Å². The topological polar surface area (TPSA) is 38.0 Å². The molecule has 0 spiro atoms. The molecule has 4 heteroatoms. The van der Waals surface area contributed by atoms with Crippen molar-refractivity contribution in [3.05, 3.63) is 18.0 Å². The summed E-state index contributed by atoms with van der Waals surface area (Å²) in [5, 5.41) is 15.0. The van der Waals surface area contributed by atoms with Gasteiger partial charge in [0.05, 0.1) is 5.69 Å². The number of aromatic nitrogens is 2. The van der Waals surface area contributed by atoms with Gasteiger partial charge in [-0.3, -0.25) is 4.68 Å². The van der Waals surface area contributed by atoms with Gasteiger partial charge in [0, 0.05) is 18.0 Å². The van der Waals surface area contributed by atoms with Crippen molar-refractivity contribution >= 4 is 11.8 Å². The molecule has 3 nitrogen and oxygen atoms in total. The second-order valence-corrected chi connectivity index (χ2v) is 5.17. The normalized spacial score (nSPS) is 32.4. The van der Waals surface area contributed by atoms with Crippen LogP contribution in [0.15, 0.2) is 12.3 Å². The van der Waals surface area contributed by atoms with Crippen LogP contribution in [-0.2, 0) is 12.1 Å². The summed E-state index contributed by atoms with van der Waals surface area (Å²) in [6.07, 6.45) is 2.61. The number of hydrogen-bond donors (Lipinski definition) is 1. The highest BCUT2D eigenvalue weighted by Crippen LogP contribution is 2.42. The number of thioether (sulfide) groups is 1. The van der Waals surface area contributed by atoms with Crippen LogP contribution in [0.2, 0.25) is 0 Å². The first-order valence-corrected chi connectivity index (χ1v) is 6.09. The van der Waals surface area contributed by atoms with Gasteiger partial charge in [0.15, 0.2) is 0 Å². The zero-order valence-corrected chi connectivity index (χ0v) is 9.42. The summed E-state index contributed by atoms with van der Waals surface area (Å²) in [5.74, 6) is 1.03. The Morgan fingerprint density at radius 3 is 3.14 bits per heavy atom. The zero-order valence-electron chi connectivity index (χ0n) is 8.60. The van der Waals surface area contributed by atoms with Crippen LogP contribution in [0, 0.1) is 0 Å². The molecule has 0 amide bonds. The second-order valence-electron chi connectivity index (χ2n) is 3.72. The van der Waals surface area contributed by atoms with Crippen LogP contribution in [0.25, 0.3) is 0 Å². The smallest absolute Gasteiger partial charge is 0.118 e. The molecule has 1 fully saturated rings. The van der Waals surface area contributed by atoms with E-state index < -0.39 is 5.60 Å². The van der Waals surface area contributed by atoms with E-state index in [9.17, 15) is 5.11 Å². The lowest BCUT2D eigenvalue weighted by molar-refractivity contribution is 0.0335. The molecule has 1 N–H and O–H groups in total. The monoisotopic (exact) mass is 212 g/mol. The Morgan fingerprint density at radius 1 is 1.79 bits per heavy atom. The predicted octanol–water partition coefficient (Wildman–Crippen LogP) is 1.62. The standard InChI is InChI=1S/C10H16N2OS/c1-3-12-9(4-6-11-12)10(13)5-7-14-8(10)2/h4,6,8,13H,3,5,7H2,1-2H3. The number of aryl methyl sites for hydroxylation is 1. The maximum atomic E-state index is 10.6. The van der Waals surface area contributed by atoms with Gasteiger partial charge in [-0.1, -0.05) is 6.92 Å². The molecule has 14 heavy (non-hydrogen) atoms. The van der Waals surface area contributed by atoms with Gasteiger partial charge in [0.2, 0.25) is 0 Å². The van der Waals surface area contributed by atoms with Crippen molar-refractivity contribution in [1.82, 2.24) is 9.78 Å². The van der Waals surface area contributed by atoms with E-state index in [-0.39, 0.29) is 5.25 Å². The summed E-state index contributed by atoms with van der Waals surface area (Å²) in [7, 11) is 0. The molecule has 1 saturated heterocycles. The van der Waals surface area contributed by atoms with Crippen molar-refractivity contribution in [1.29, 1.82) is 0 Å². The van der Waals surface area contributed by atoms with Crippen LogP contribution in [0.3, 0.4) is 0 Å². The highest BCUT2D eigenvalue weighted by Gasteiger charge is 2.42. The van der Waals surface area contributed by atoms with Crippen molar-refractivity contribution in [2.24, 2.45) is 0 Å². The molecule has 0 aliphatic carbocycles. The fourth-order valence-electron chi connectivity index (χ4n) is 2.02. The SMILES string of the molecule is CCn1nccc1C1(O)CCSC1C. The summed E-state index contributed by atoms with van der Waals surface area (Å²) < 4.78 is 1.89.